The van der Waals surface area contributed by atoms with Gasteiger partial charge in [-0.1, -0.05) is 0 Å². The van der Waals surface area contributed by atoms with Gasteiger partial charge in [0, 0.05) is 6.04 Å². The van der Waals surface area contributed by atoms with Crippen molar-refractivity contribution < 1.29 is 9.21 Å². The molecular formula is C11H17N3O2. The Morgan fingerprint density at radius 3 is 3.00 bits per heavy atom. The third-order valence-corrected chi connectivity index (χ3v) is 2.68. The van der Waals surface area contributed by atoms with Crippen LogP contribution in [0.1, 0.15) is 18.6 Å². The van der Waals surface area contributed by atoms with Crippen LogP contribution < -0.4 is 16.0 Å². The van der Waals surface area contributed by atoms with E-state index in [-0.39, 0.29) is 12.1 Å². The van der Waals surface area contributed by atoms with Crippen LogP contribution in [-0.2, 0) is 6.54 Å². The highest BCUT2D eigenvalue weighted by molar-refractivity contribution is 5.74. The first kappa shape index (κ1) is 11.0. The summed E-state index contributed by atoms with van der Waals surface area (Å²) >= 11 is 0. The second-order valence-corrected chi connectivity index (χ2v) is 3.93. The van der Waals surface area contributed by atoms with Gasteiger partial charge >= 0.3 is 6.03 Å². The number of urea groups is 1. The van der Waals surface area contributed by atoms with Crippen LogP contribution in [0, 0.1) is 0 Å². The predicted octanol–water partition coefficient (Wildman–Crippen LogP) is 0.831. The molecule has 2 heterocycles. The summed E-state index contributed by atoms with van der Waals surface area (Å²) in [6, 6.07) is 3.81. The molecule has 1 saturated heterocycles. The van der Waals surface area contributed by atoms with Gasteiger partial charge in [-0.15, -0.1) is 0 Å². The predicted molar refractivity (Wildman–Crippen MR) is 60.0 cm³/mol. The molecule has 5 heteroatoms. The van der Waals surface area contributed by atoms with E-state index >= 15 is 0 Å². The van der Waals surface area contributed by atoms with Crippen molar-refractivity contribution in [3.63, 3.8) is 0 Å². The largest absolute Gasteiger partial charge is 0.467 e. The van der Waals surface area contributed by atoms with Gasteiger partial charge in [0.25, 0.3) is 0 Å². The molecule has 2 amide bonds. The Hall–Kier alpha value is -1.49. The van der Waals surface area contributed by atoms with E-state index in [4.69, 9.17) is 4.42 Å². The molecule has 1 aliphatic heterocycles. The molecule has 0 unspecified atom stereocenters. The number of carbonyl (C=O) groups excluding carboxylic acids is 1. The zero-order valence-electron chi connectivity index (χ0n) is 9.16. The second-order valence-electron chi connectivity index (χ2n) is 3.93. The Morgan fingerprint density at radius 2 is 2.31 bits per heavy atom. The van der Waals surface area contributed by atoms with Crippen molar-refractivity contribution in [2.24, 2.45) is 0 Å². The standard InChI is InChI=1S/C11H17N3O2/c15-11(13-8-10-2-1-7-16-10)14-9-3-5-12-6-4-9/h1-2,7,9,12H,3-6,8H2,(H2,13,14,15). The molecule has 0 atom stereocenters. The lowest BCUT2D eigenvalue weighted by atomic mass is 10.1. The summed E-state index contributed by atoms with van der Waals surface area (Å²) in [5.41, 5.74) is 0. The Balaban J connectivity index is 1.67. The first-order valence-corrected chi connectivity index (χ1v) is 5.62. The van der Waals surface area contributed by atoms with Crippen molar-refractivity contribution in [1.82, 2.24) is 16.0 Å². The first-order valence-electron chi connectivity index (χ1n) is 5.62. The van der Waals surface area contributed by atoms with Crippen LogP contribution in [-0.4, -0.2) is 25.2 Å². The maximum Gasteiger partial charge on any atom is 0.315 e. The molecule has 88 valence electrons. The highest BCUT2D eigenvalue weighted by Crippen LogP contribution is 2.02. The van der Waals surface area contributed by atoms with Crippen LogP contribution >= 0.6 is 0 Å². The van der Waals surface area contributed by atoms with Crippen molar-refractivity contribution in [3.8, 4) is 0 Å². The quantitative estimate of drug-likeness (QED) is 0.711. The third-order valence-electron chi connectivity index (χ3n) is 2.68. The van der Waals surface area contributed by atoms with Crippen molar-refractivity contribution in [2.75, 3.05) is 13.1 Å². The van der Waals surface area contributed by atoms with E-state index in [1.165, 1.54) is 0 Å². The monoisotopic (exact) mass is 223 g/mol. The highest BCUT2D eigenvalue weighted by atomic mass is 16.3. The number of carbonyl (C=O) groups is 1. The first-order chi connectivity index (χ1) is 7.84. The molecule has 2 rings (SSSR count). The van der Waals surface area contributed by atoms with Gasteiger partial charge in [0.2, 0.25) is 0 Å². The molecule has 0 saturated carbocycles. The van der Waals surface area contributed by atoms with Gasteiger partial charge in [-0.2, -0.15) is 0 Å². The van der Waals surface area contributed by atoms with Crippen LogP contribution in [0.25, 0.3) is 0 Å². The van der Waals surface area contributed by atoms with E-state index in [0.717, 1.165) is 31.7 Å². The van der Waals surface area contributed by atoms with Gasteiger partial charge in [0.15, 0.2) is 0 Å². The number of nitrogens with one attached hydrogen (secondary N) is 3. The smallest absolute Gasteiger partial charge is 0.315 e. The number of amides is 2. The van der Waals surface area contributed by atoms with Crippen LogP contribution in [0.2, 0.25) is 0 Å². The SMILES string of the molecule is O=C(NCc1ccco1)NC1CCNCC1. The molecule has 0 aromatic carbocycles. The topological polar surface area (TPSA) is 66.3 Å². The zero-order chi connectivity index (χ0) is 11.2. The van der Waals surface area contributed by atoms with E-state index in [0.29, 0.717) is 6.54 Å². The fraction of sp³-hybridized carbons (Fsp3) is 0.545. The van der Waals surface area contributed by atoms with E-state index in [1.54, 1.807) is 6.26 Å². The average molecular weight is 223 g/mol. The lowest BCUT2D eigenvalue weighted by Crippen LogP contribution is -2.46. The van der Waals surface area contributed by atoms with Gasteiger partial charge in [0.1, 0.15) is 5.76 Å². The second kappa shape index (κ2) is 5.55. The summed E-state index contributed by atoms with van der Waals surface area (Å²) in [4.78, 5) is 11.5. The Labute approximate surface area is 94.6 Å². The number of rotatable bonds is 3. The molecule has 1 fully saturated rings. The average Bonchev–Trinajstić information content (AvgIpc) is 2.81. The van der Waals surface area contributed by atoms with Gasteiger partial charge in [0.05, 0.1) is 12.8 Å². The minimum atomic E-state index is -0.122. The maximum absolute atomic E-state index is 11.5. The van der Waals surface area contributed by atoms with Gasteiger partial charge in [-0.25, -0.2) is 4.79 Å². The lowest BCUT2D eigenvalue weighted by molar-refractivity contribution is 0.232. The van der Waals surface area contributed by atoms with Crippen molar-refractivity contribution in [2.45, 2.75) is 25.4 Å². The number of piperidine rings is 1. The van der Waals surface area contributed by atoms with E-state index in [2.05, 4.69) is 16.0 Å². The van der Waals surface area contributed by atoms with Crippen LogP contribution in [0.15, 0.2) is 22.8 Å². The lowest BCUT2D eigenvalue weighted by Gasteiger charge is -2.23. The summed E-state index contributed by atoms with van der Waals surface area (Å²) in [5.74, 6) is 0.764. The Kier molecular flexibility index (Phi) is 3.82. The van der Waals surface area contributed by atoms with Crippen molar-refractivity contribution >= 4 is 6.03 Å². The molecule has 0 aliphatic carbocycles. The molecule has 0 radical (unpaired) electrons. The highest BCUT2D eigenvalue weighted by Gasteiger charge is 2.14. The normalized spacial score (nSPS) is 17.0. The van der Waals surface area contributed by atoms with Crippen LogP contribution in [0.4, 0.5) is 4.79 Å². The number of hydrogen-bond acceptors (Lipinski definition) is 3. The van der Waals surface area contributed by atoms with Crippen LogP contribution in [0.5, 0.6) is 0 Å². The summed E-state index contributed by atoms with van der Waals surface area (Å²) < 4.78 is 5.12. The summed E-state index contributed by atoms with van der Waals surface area (Å²) in [6.07, 6.45) is 3.59. The Bertz CT molecular complexity index is 318. The van der Waals surface area contributed by atoms with Crippen molar-refractivity contribution in [1.29, 1.82) is 0 Å². The molecule has 0 spiro atoms. The fourth-order valence-electron chi connectivity index (χ4n) is 1.78. The molecule has 3 N–H and O–H groups in total. The van der Waals surface area contributed by atoms with Crippen LogP contribution in [0.3, 0.4) is 0 Å². The maximum atomic E-state index is 11.5. The summed E-state index contributed by atoms with van der Waals surface area (Å²) in [5, 5.41) is 8.97. The van der Waals surface area contributed by atoms with E-state index in [9.17, 15) is 4.79 Å². The summed E-state index contributed by atoms with van der Waals surface area (Å²) in [7, 11) is 0. The van der Waals surface area contributed by atoms with Gasteiger partial charge in [-0.05, 0) is 38.1 Å². The molecule has 0 bridgehead atoms. The van der Waals surface area contributed by atoms with E-state index < -0.39 is 0 Å². The third kappa shape index (κ3) is 3.27. The minimum absolute atomic E-state index is 0.122. The molecule has 1 aromatic rings. The molecule has 1 aliphatic rings. The molecular weight excluding hydrogens is 206 g/mol. The fourth-order valence-corrected chi connectivity index (χ4v) is 1.78. The number of furan rings is 1. The zero-order valence-corrected chi connectivity index (χ0v) is 9.16. The summed E-state index contributed by atoms with van der Waals surface area (Å²) in [6.45, 7) is 2.38. The van der Waals surface area contributed by atoms with Crippen molar-refractivity contribution in [3.05, 3.63) is 24.2 Å². The minimum Gasteiger partial charge on any atom is -0.467 e. The number of hydrogen-bond donors (Lipinski definition) is 3. The molecule has 16 heavy (non-hydrogen) atoms. The van der Waals surface area contributed by atoms with Gasteiger partial charge < -0.3 is 20.4 Å². The Morgan fingerprint density at radius 1 is 1.50 bits per heavy atom. The molecule has 5 nitrogen and oxygen atoms in total. The van der Waals surface area contributed by atoms with Gasteiger partial charge in [-0.3, -0.25) is 0 Å². The van der Waals surface area contributed by atoms with E-state index in [1.807, 2.05) is 12.1 Å². The molecule has 1 aromatic heterocycles.